The maximum absolute atomic E-state index is 13.7. The van der Waals surface area contributed by atoms with E-state index in [-0.39, 0.29) is 17.9 Å². The lowest BCUT2D eigenvalue weighted by molar-refractivity contribution is 0.0690. The smallest absolute Gasteiger partial charge is 0.274 e. The Labute approximate surface area is 215 Å². The zero-order chi connectivity index (χ0) is 24.3. The standard InChI is InChI=1S/C25H21Cl2N5O2S/c1-13-30-22(23(35-13)15-5-4-6-17(26)21(15)27)25(34)32-12-14-9-16(14)18(32)10-29-24(33)19-11-28-20-7-2-3-8-31(19)20/h2-8,11,14,16,18H,9-10,12H2,1H3,(H,29,33)/t14-,16-,18+/m0/s1. The largest absolute Gasteiger partial charge is 0.349 e. The number of imidazole rings is 1. The second-order valence-corrected chi connectivity index (χ2v) is 11.0. The average molecular weight is 526 g/mol. The first-order valence-corrected chi connectivity index (χ1v) is 12.9. The summed E-state index contributed by atoms with van der Waals surface area (Å²) in [5, 5.41) is 4.65. The Morgan fingerprint density at radius 3 is 2.91 bits per heavy atom. The van der Waals surface area contributed by atoms with E-state index in [1.54, 1.807) is 16.7 Å². The van der Waals surface area contributed by atoms with Crippen LogP contribution in [0.25, 0.3) is 16.1 Å². The maximum Gasteiger partial charge on any atom is 0.274 e. The fourth-order valence-electron chi connectivity index (χ4n) is 5.02. The normalized spacial score (nSPS) is 20.8. The van der Waals surface area contributed by atoms with Crippen molar-refractivity contribution >= 4 is 52.0 Å². The first kappa shape index (κ1) is 22.5. The molecule has 0 unspecified atom stereocenters. The molecule has 2 amide bonds. The molecule has 0 radical (unpaired) electrons. The summed E-state index contributed by atoms with van der Waals surface area (Å²) < 4.78 is 1.76. The minimum absolute atomic E-state index is 0.0830. The third-order valence-corrected chi connectivity index (χ3v) is 8.64. The highest BCUT2D eigenvalue weighted by Gasteiger charge is 2.54. The van der Waals surface area contributed by atoms with Crippen molar-refractivity contribution in [3.05, 3.63) is 75.2 Å². The Morgan fingerprint density at radius 2 is 2.06 bits per heavy atom. The number of nitrogens with zero attached hydrogens (tertiary/aromatic N) is 4. The van der Waals surface area contributed by atoms with Gasteiger partial charge in [-0.05, 0) is 43.4 Å². The van der Waals surface area contributed by atoms with Crippen molar-refractivity contribution in [3.63, 3.8) is 0 Å². The van der Waals surface area contributed by atoms with E-state index < -0.39 is 0 Å². The summed E-state index contributed by atoms with van der Waals surface area (Å²) in [6.45, 7) is 2.92. The SMILES string of the molecule is Cc1nc(C(=O)N2C[C@@H]3C[C@@H]3[C@H]2CNC(=O)c2cnc3ccccn23)c(-c2cccc(Cl)c2Cl)s1. The molecule has 1 aliphatic heterocycles. The van der Waals surface area contributed by atoms with Gasteiger partial charge in [0, 0.05) is 24.8 Å². The van der Waals surface area contributed by atoms with Gasteiger partial charge < -0.3 is 10.2 Å². The molecule has 4 aromatic rings. The van der Waals surface area contributed by atoms with Gasteiger partial charge in [-0.3, -0.25) is 14.0 Å². The number of amides is 2. The summed E-state index contributed by atoms with van der Waals surface area (Å²) >= 11 is 14.1. The molecule has 3 atom stereocenters. The molecule has 1 saturated carbocycles. The van der Waals surface area contributed by atoms with Gasteiger partial charge in [0.05, 0.1) is 32.2 Å². The van der Waals surface area contributed by atoms with Crippen LogP contribution in [0.1, 0.15) is 32.4 Å². The van der Waals surface area contributed by atoms with Gasteiger partial charge in [-0.2, -0.15) is 0 Å². The number of benzene rings is 1. The highest BCUT2D eigenvalue weighted by molar-refractivity contribution is 7.15. The summed E-state index contributed by atoms with van der Waals surface area (Å²) in [6, 6.07) is 10.9. The average Bonchev–Trinajstić information content (AvgIpc) is 3.18. The molecule has 1 aromatic carbocycles. The van der Waals surface area contributed by atoms with Gasteiger partial charge in [0.2, 0.25) is 0 Å². The minimum Gasteiger partial charge on any atom is -0.349 e. The Hall–Kier alpha value is -2.94. The number of hydrogen-bond donors (Lipinski definition) is 1. The number of rotatable bonds is 5. The number of carbonyl (C=O) groups excluding carboxylic acids is 2. The molecule has 7 nitrogen and oxygen atoms in total. The monoisotopic (exact) mass is 525 g/mol. The molecule has 1 aliphatic carbocycles. The number of piperidine rings is 1. The molecular formula is C25H21Cl2N5O2S. The first-order chi connectivity index (χ1) is 16.9. The van der Waals surface area contributed by atoms with Gasteiger partial charge in [-0.15, -0.1) is 11.3 Å². The molecule has 2 fully saturated rings. The van der Waals surface area contributed by atoms with Crippen LogP contribution in [0.2, 0.25) is 10.0 Å². The molecule has 4 heterocycles. The van der Waals surface area contributed by atoms with Gasteiger partial charge >= 0.3 is 0 Å². The lowest BCUT2D eigenvalue weighted by atomic mass is 10.1. The predicted molar refractivity (Wildman–Crippen MR) is 136 cm³/mol. The van der Waals surface area contributed by atoms with Crippen LogP contribution < -0.4 is 5.32 Å². The van der Waals surface area contributed by atoms with E-state index >= 15 is 0 Å². The second kappa shape index (κ2) is 8.62. The van der Waals surface area contributed by atoms with E-state index in [2.05, 4.69) is 15.3 Å². The first-order valence-electron chi connectivity index (χ1n) is 11.4. The maximum atomic E-state index is 13.7. The molecular weight excluding hydrogens is 505 g/mol. The van der Waals surface area contributed by atoms with Crippen molar-refractivity contribution in [1.29, 1.82) is 0 Å². The van der Waals surface area contributed by atoms with Crippen LogP contribution in [0.3, 0.4) is 0 Å². The lowest BCUT2D eigenvalue weighted by Crippen LogP contribution is -2.46. The van der Waals surface area contributed by atoms with E-state index in [0.717, 1.165) is 11.4 Å². The van der Waals surface area contributed by atoms with Crippen molar-refractivity contribution in [1.82, 2.24) is 24.6 Å². The molecule has 1 N–H and O–H groups in total. The highest BCUT2D eigenvalue weighted by atomic mass is 35.5. The zero-order valence-electron chi connectivity index (χ0n) is 18.7. The molecule has 35 heavy (non-hydrogen) atoms. The van der Waals surface area contributed by atoms with Crippen LogP contribution in [0.15, 0.2) is 48.8 Å². The van der Waals surface area contributed by atoms with Crippen LogP contribution >= 0.6 is 34.5 Å². The number of aromatic nitrogens is 3. The van der Waals surface area contributed by atoms with Crippen molar-refractivity contribution in [2.24, 2.45) is 11.8 Å². The van der Waals surface area contributed by atoms with Gasteiger partial charge in [0.1, 0.15) is 17.0 Å². The van der Waals surface area contributed by atoms with E-state index in [1.165, 1.54) is 11.3 Å². The Bertz CT molecular complexity index is 1480. The van der Waals surface area contributed by atoms with Crippen molar-refractivity contribution in [3.8, 4) is 10.4 Å². The predicted octanol–water partition coefficient (Wildman–Crippen LogP) is 4.96. The molecule has 178 valence electrons. The van der Waals surface area contributed by atoms with Crippen molar-refractivity contribution < 1.29 is 9.59 Å². The van der Waals surface area contributed by atoms with Crippen molar-refractivity contribution in [2.75, 3.05) is 13.1 Å². The lowest BCUT2D eigenvalue weighted by Gasteiger charge is -2.27. The number of halogens is 2. The van der Waals surface area contributed by atoms with Gasteiger partial charge in [0.15, 0.2) is 0 Å². The number of nitrogens with one attached hydrogen (secondary N) is 1. The summed E-state index contributed by atoms with van der Waals surface area (Å²) in [7, 11) is 0. The fourth-order valence-corrected chi connectivity index (χ4v) is 6.42. The third kappa shape index (κ3) is 3.90. The molecule has 0 spiro atoms. The van der Waals surface area contributed by atoms with Crippen LogP contribution in [-0.4, -0.2) is 50.2 Å². The summed E-state index contributed by atoms with van der Waals surface area (Å²) in [4.78, 5) is 38.1. The number of aryl methyl sites for hydroxylation is 1. The van der Waals surface area contributed by atoms with Gasteiger partial charge in [0.25, 0.3) is 11.8 Å². The van der Waals surface area contributed by atoms with Crippen LogP contribution in [0.4, 0.5) is 0 Å². The topological polar surface area (TPSA) is 79.6 Å². The molecule has 10 heteroatoms. The van der Waals surface area contributed by atoms with Crippen molar-refractivity contribution in [2.45, 2.75) is 19.4 Å². The number of thiazole rings is 1. The van der Waals surface area contributed by atoms with Crippen LogP contribution in [0.5, 0.6) is 0 Å². The number of carbonyl (C=O) groups is 2. The number of hydrogen-bond acceptors (Lipinski definition) is 5. The van der Waals surface area contributed by atoms with E-state index in [4.69, 9.17) is 23.2 Å². The summed E-state index contributed by atoms with van der Waals surface area (Å²) in [5.74, 6) is 0.506. The van der Waals surface area contributed by atoms with E-state index in [9.17, 15) is 9.59 Å². The van der Waals surface area contributed by atoms with Crippen LogP contribution in [0, 0.1) is 18.8 Å². The molecule has 0 bridgehead atoms. The number of fused-ring (bicyclic) bond motifs is 2. The summed E-state index contributed by atoms with van der Waals surface area (Å²) in [6.07, 6.45) is 4.46. The Kier molecular flexibility index (Phi) is 5.55. The molecule has 6 rings (SSSR count). The third-order valence-electron chi connectivity index (χ3n) is 6.82. The van der Waals surface area contributed by atoms with E-state index in [1.807, 2.05) is 48.4 Å². The van der Waals surface area contributed by atoms with Crippen LogP contribution in [-0.2, 0) is 0 Å². The molecule has 1 saturated heterocycles. The van der Waals surface area contributed by atoms with Gasteiger partial charge in [-0.25, -0.2) is 9.97 Å². The van der Waals surface area contributed by atoms with Gasteiger partial charge in [-0.1, -0.05) is 41.4 Å². The van der Waals surface area contributed by atoms with E-state index in [0.29, 0.717) is 62.4 Å². The highest BCUT2D eigenvalue weighted by Crippen LogP contribution is 2.50. The minimum atomic E-state index is -0.212. The molecule has 2 aliphatic rings. The Balaban J connectivity index is 1.24. The second-order valence-electron chi connectivity index (χ2n) is 8.98. The number of likely N-dealkylation sites (tertiary alicyclic amines) is 1. The zero-order valence-corrected chi connectivity index (χ0v) is 21.1. The molecule has 3 aromatic heterocycles. The summed E-state index contributed by atoms with van der Waals surface area (Å²) in [5.41, 5.74) is 2.27. The Morgan fingerprint density at radius 1 is 1.20 bits per heavy atom. The quantitative estimate of drug-likeness (QED) is 0.399. The number of pyridine rings is 1. The fraction of sp³-hybridized carbons (Fsp3) is 0.280.